The fourth-order valence-corrected chi connectivity index (χ4v) is 1.57. The number of hydrogen-bond donors (Lipinski definition) is 1. The van der Waals surface area contributed by atoms with E-state index in [9.17, 15) is 19.7 Å². The maximum Gasteiger partial charge on any atom is 0.308 e. The summed E-state index contributed by atoms with van der Waals surface area (Å²) in [5.74, 6) is -0.444. The molecule has 1 rings (SSSR count). The average Bonchev–Trinajstić information content (AvgIpc) is 2.38. The molecule has 0 aliphatic carbocycles. The molecule has 7 nitrogen and oxygen atoms in total. The summed E-state index contributed by atoms with van der Waals surface area (Å²) in [6.45, 7) is 1.94. The van der Waals surface area contributed by atoms with Crippen molar-refractivity contribution in [2.75, 3.05) is 6.61 Å². The first kappa shape index (κ1) is 14.6. The Morgan fingerprint density at radius 1 is 1.47 bits per heavy atom. The van der Waals surface area contributed by atoms with E-state index in [-0.39, 0.29) is 18.7 Å². The molecule has 1 aromatic rings. The lowest BCUT2D eigenvalue weighted by Crippen LogP contribution is -2.23. The van der Waals surface area contributed by atoms with Crippen LogP contribution in [0.2, 0.25) is 0 Å². The maximum atomic E-state index is 11.4. The molecule has 0 radical (unpaired) electrons. The van der Waals surface area contributed by atoms with Crippen molar-refractivity contribution in [2.24, 2.45) is 0 Å². The van der Waals surface area contributed by atoms with Crippen molar-refractivity contribution in [1.29, 1.82) is 0 Å². The minimum absolute atomic E-state index is 0.0234. The SMILES string of the molecule is CCOC(=O)CC(NC=O)c1ccc([N+](=O)[O-])cc1. The van der Waals surface area contributed by atoms with Gasteiger partial charge in [-0.2, -0.15) is 0 Å². The number of nitrogens with zero attached hydrogens (tertiary/aromatic N) is 1. The molecule has 19 heavy (non-hydrogen) atoms. The number of hydrogen-bond acceptors (Lipinski definition) is 5. The van der Waals surface area contributed by atoms with E-state index in [1.54, 1.807) is 6.92 Å². The minimum Gasteiger partial charge on any atom is -0.466 e. The fourth-order valence-electron chi connectivity index (χ4n) is 1.57. The molecule has 1 N–H and O–H groups in total. The van der Waals surface area contributed by atoms with Crippen molar-refractivity contribution in [3.63, 3.8) is 0 Å². The van der Waals surface area contributed by atoms with Crippen LogP contribution in [0.5, 0.6) is 0 Å². The van der Waals surface area contributed by atoms with Crippen LogP contribution in [-0.4, -0.2) is 23.9 Å². The molecule has 0 aliphatic heterocycles. The van der Waals surface area contributed by atoms with Crippen molar-refractivity contribution >= 4 is 18.1 Å². The molecular formula is C12H14N2O5. The number of nitro groups is 1. The Balaban J connectivity index is 2.83. The molecule has 0 saturated heterocycles. The van der Waals surface area contributed by atoms with E-state index in [2.05, 4.69) is 5.32 Å². The molecule has 0 heterocycles. The zero-order valence-corrected chi connectivity index (χ0v) is 10.4. The highest BCUT2D eigenvalue weighted by Crippen LogP contribution is 2.20. The first-order valence-corrected chi connectivity index (χ1v) is 5.68. The van der Waals surface area contributed by atoms with Crippen molar-refractivity contribution in [2.45, 2.75) is 19.4 Å². The highest BCUT2D eigenvalue weighted by Gasteiger charge is 2.17. The lowest BCUT2D eigenvalue weighted by molar-refractivity contribution is -0.384. The van der Waals surface area contributed by atoms with Gasteiger partial charge in [0.25, 0.3) is 5.69 Å². The molecule has 1 amide bonds. The van der Waals surface area contributed by atoms with Crippen LogP contribution in [0.4, 0.5) is 5.69 Å². The summed E-state index contributed by atoms with van der Waals surface area (Å²) in [5, 5.41) is 13.0. The summed E-state index contributed by atoms with van der Waals surface area (Å²) in [6, 6.07) is 5.08. The Labute approximate surface area is 109 Å². The third-order valence-corrected chi connectivity index (χ3v) is 2.45. The van der Waals surface area contributed by atoms with E-state index >= 15 is 0 Å². The zero-order chi connectivity index (χ0) is 14.3. The van der Waals surface area contributed by atoms with Crippen LogP contribution in [-0.2, 0) is 14.3 Å². The topological polar surface area (TPSA) is 98.5 Å². The van der Waals surface area contributed by atoms with Crippen LogP contribution in [0.3, 0.4) is 0 Å². The summed E-state index contributed by atoms with van der Waals surface area (Å²) in [4.78, 5) is 31.9. The summed E-state index contributed by atoms with van der Waals surface area (Å²) < 4.78 is 4.80. The number of carbonyl (C=O) groups excluding carboxylic acids is 2. The van der Waals surface area contributed by atoms with Crippen LogP contribution in [0.15, 0.2) is 24.3 Å². The molecule has 0 aliphatic rings. The minimum atomic E-state index is -0.558. The quantitative estimate of drug-likeness (QED) is 0.347. The first-order chi connectivity index (χ1) is 9.08. The van der Waals surface area contributed by atoms with Gasteiger partial charge in [-0.1, -0.05) is 12.1 Å². The van der Waals surface area contributed by atoms with Gasteiger partial charge in [0.1, 0.15) is 0 Å². The molecule has 1 aromatic carbocycles. The molecule has 0 spiro atoms. The second-order valence-electron chi connectivity index (χ2n) is 3.69. The Bertz CT molecular complexity index is 458. The molecule has 0 bridgehead atoms. The molecule has 7 heteroatoms. The summed E-state index contributed by atoms with van der Waals surface area (Å²) in [7, 11) is 0. The summed E-state index contributed by atoms with van der Waals surface area (Å²) in [6.07, 6.45) is 0.454. The van der Waals surface area contributed by atoms with Gasteiger partial charge < -0.3 is 10.1 Å². The average molecular weight is 266 g/mol. The predicted molar refractivity (Wildman–Crippen MR) is 66.3 cm³/mol. The van der Waals surface area contributed by atoms with E-state index < -0.39 is 16.9 Å². The predicted octanol–water partition coefficient (Wildman–Crippen LogP) is 1.34. The number of carbonyl (C=O) groups is 2. The third-order valence-electron chi connectivity index (χ3n) is 2.45. The number of benzene rings is 1. The van der Waals surface area contributed by atoms with Gasteiger partial charge in [0, 0.05) is 12.1 Å². The van der Waals surface area contributed by atoms with Gasteiger partial charge in [-0.15, -0.1) is 0 Å². The highest BCUT2D eigenvalue weighted by molar-refractivity contribution is 5.71. The Morgan fingerprint density at radius 3 is 2.58 bits per heavy atom. The molecule has 1 unspecified atom stereocenters. The zero-order valence-electron chi connectivity index (χ0n) is 10.4. The van der Waals surface area contributed by atoms with Crippen molar-refractivity contribution in [3.8, 4) is 0 Å². The standard InChI is InChI=1S/C12H14N2O5/c1-2-19-12(16)7-11(13-8-15)9-3-5-10(6-4-9)14(17)18/h3-6,8,11H,2,7H2,1H3,(H,13,15). The van der Waals surface area contributed by atoms with E-state index in [0.717, 1.165) is 0 Å². The molecule has 0 fully saturated rings. The lowest BCUT2D eigenvalue weighted by Gasteiger charge is -2.15. The summed E-state index contributed by atoms with van der Waals surface area (Å²) in [5.41, 5.74) is 0.551. The van der Waals surface area contributed by atoms with Gasteiger partial charge in [-0.05, 0) is 12.5 Å². The van der Waals surface area contributed by atoms with E-state index in [1.165, 1.54) is 24.3 Å². The van der Waals surface area contributed by atoms with Crippen LogP contribution in [0.25, 0.3) is 0 Å². The third kappa shape index (κ3) is 4.38. The number of non-ortho nitro benzene ring substituents is 1. The lowest BCUT2D eigenvalue weighted by atomic mass is 10.0. The van der Waals surface area contributed by atoms with E-state index in [0.29, 0.717) is 12.0 Å². The van der Waals surface area contributed by atoms with Gasteiger partial charge in [0.05, 0.1) is 24.0 Å². The Kier molecular flexibility index (Phi) is 5.46. The monoisotopic (exact) mass is 266 g/mol. The van der Waals surface area contributed by atoms with E-state index in [4.69, 9.17) is 4.74 Å². The van der Waals surface area contributed by atoms with Crippen LogP contribution in [0, 0.1) is 10.1 Å². The van der Waals surface area contributed by atoms with Gasteiger partial charge in [0.15, 0.2) is 0 Å². The number of nitrogens with one attached hydrogen (secondary N) is 1. The van der Waals surface area contributed by atoms with Gasteiger partial charge in [-0.25, -0.2) is 0 Å². The van der Waals surface area contributed by atoms with Crippen molar-refractivity contribution in [1.82, 2.24) is 5.32 Å². The molecule has 1 atom stereocenters. The van der Waals surface area contributed by atoms with Crippen LogP contribution in [0.1, 0.15) is 24.9 Å². The van der Waals surface area contributed by atoms with Crippen molar-refractivity contribution in [3.05, 3.63) is 39.9 Å². The second-order valence-corrected chi connectivity index (χ2v) is 3.69. The Morgan fingerprint density at radius 2 is 2.11 bits per heavy atom. The van der Waals surface area contributed by atoms with Gasteiger partial charge in [0.2, 0.25) is 6.41 Å². The second kappa shape index (κ2) is 7.10. The number of esters is 1. The largest absolute Gasteiger partial charge is 0.466 e. The molecule has 102 valence electrons. The van der Waals surface area contributed by atoms with Crippen LogP contribution < -0.4 is 5.32 Å². The highest BCUT2D eigenvalue weighted by atomic mass is 16.6. The normalized spacial score (nSPS) is 11.4. The number of amides is 1. The molecule has 0 saturated carbocycles. The van der Waals surface area contributed by atoms with Crippen molar-refractivity contribution < 1.29 is 19.2 Å². The first-order valence-electron chi connectivity index (χ1n) is 5.68. The smallest absolute Gasteiger partial charge is 0.308 e. The maximum absolute atomic E-state index is 11.4. The molecular weight excluding hydrogens is 252 g/mol. The fraction of sp³-hybridized carbons (Fsp3) is 0.333. The van der Waals surface area contributed by atoms with E-state index in [1.807, 2.05) is 0 Å². The Hall–Kier alpha value is -2.44. The number of ether oxygens (including phenoxy) is 1. The van der Waals surface area contributed by atoms with Gasteiger partial charge >= 0.3 is 5.97 Å². The number of rotatable bonds is 7. The van der Waals surface area contributed by atoms with Gasteiger partial charge in [-0.3, -0.25) is 19.7 Å². The van der Waals surface area contributed by atoms with Crippen LogP contribution >= 0.6 is 0 Å². The summed E-state index contributed by atoms with van der Waals surface area (Å²) >= 11 is 0. The molecule has 0 aromatic heterocycles. The number of nitro benzene ring substituents is 1.